The first kappa shape index (κ1) is 16.4. The zero-order valence-electron chi connectivity index (χ0n) is 15.0. The van der Waals surface area contributed by atoms with Crippen molar-refractivity contribution in [3.63, 3.8) is 0 Å². The van der Waals surface area contributed by atoms with E-state index in [1.54, 1.807) is 10.7 Å². The van der Waals surface area contributed by atoms with Gasteiger partial charge >= 0.3 is 0 Å². The Bertz CT molecular complexity index is 854. The molecular weight excluding hydrogens is 302 g/mol. The molecule has 1 N–H and O–H groups in total. The molecule has 5 heteroatoms. The Labute approximate surface area is 142 Å². The van der Waals surface area contributed by atoms with E-state index in [2.05, 4.69) is 31.2 Å². The van der Waals surface area contributed by atoms with Crippen LogP contribution in [-0.4, -0.2) is 21.5 Å². The predicted molar refractivity (Wildman–Crippen MR) is 94.2 cm³/mol. The van der Waals surface area contributed by atoms with Crippen molar-refractivity contribution in [1.29, 1.82) is 0 Å². The van der Waals surface area contributed by atoms with Gasteiger partial charge in [-0.05, 0) is 18.2 Å². The fourth-order valence-corrected chi connectivity index (χ4v) is 3.23. The molecule has 1 aliphatic carbocycles. The van der Waals surface area contributed by atoms with Crippen LogP contribution in [0.3, 0.4) is 0 Å². The molecule has 0 saturated carbocycles. The minimum atomic E-state index is -0.179. The molecule has 2 aromatic rings. The highest BCUT2D eigenvalue weighted by atomic mass is 16.2. The molecule has 5 nitrogen and oxygen atoms in total. The van der Waals surface area contributed by atoms with Gasteiger partial charge in [0, 0.05) is 35.2 Å². The van der Waals surface area contributed by atoms with E-state index in [0.717, 1.165) is 17.0 Å². The van der Waals surface area contributed by atoms with Gasteiger partial charge in [-0.25, -0.2) is 0 Å². The summed E-state index contributed by atoms with van der Waals surface area (Å²) < 4.78 is 1.81. The highest BCUT2D eigenvalue weighted by molar-refractivity contribution is 6.22. The topological polar surface area (TPSA) is 64.0 Å². The smallest absolute Gasteiger partial charge is 0.226 e. The van der Waals surface area contributed by atoms with E-state index in [0.29, 0.717) is 16.8 Å². The summed E-state index contributed by atoms with van der Waals surface area (Å²) in [5.41, 5.74) is 4.28. The average molecular weight is 325 g/mol. The van der Waals surface area contributed by atoms with Gasteiger partial charge in [0.05, 0.1) is 11.3 Å². The van der Waals surface area contributed by atoms with Gasteiger partial charge in [-0.15, -0.1) is 0 Å². The molecule has 0 saturated heterocycles. The average Bonchev–Trinajstić information content (AvgIpc) is 2.94. The maximum atomic E-state index is 13.0. The number of carbonyl (C=O) groups excluding carboxylic acids is 2. The van der Waals surface area contributed by atoms with Crippen molar-refractivity contribution >= 4 is 17.4 Å². The van der Waals surface area contributed by atoms with Crippen LogP contribution in [0.2, 0.25) is 0 Å². The summed E-state index contributed by atoms with van der Waals surface area (Å²) in [6.07, 6.45) is 0. The highest BCUT2D eigenvalue weighted by Crippen LogP contribution is 2.41. The first-order valence-corrected chi connectivity index (χ1v) is 8.18. The number of ketones is 1. The predicted octanol–water partition coefficient (Wildman–Crippen LogP) is 3.52. The third-order valence-electron chi connectivity index (χ3n) is 4.30. The maximum Gasteiger partial charge on any atom is 0.226 e. The number of hydrogen-bond acceptors (Lipinski definition) is 3. The van der Waals surface area contributed by atoms with Crippen molar-refractivity contribution in [3.8, 4) is 11.3 Å². The quantitative estimate of drug-likeness (QED) is 0.784. The van der Waals surface area contributed by atoms with Crippen molar-refractivity contribution in [2.45, 2.75) is 40.0 Å². The second-order valence-corrected chi connectivity index (χ2v) is 7.68. The summed E-state index contributed by atoms with van der Waals surface area (Å²) in [6, 6.07) is 5.45. The van der Waals surface area contributed by atoms with Crippen LogP contribution in [0, 0.1) is 5.92 Å². The lowest BCUT2D eigenvalue weighted by atomic mass is 9.88. The Hall–Kier alpha value is -2.43. The number of rotatable bonds is 2. The van der Waals surface area contributed by atoms with Gasteiger partial charge < -0.3 is 5.32 Å². The van der Waals surface area contributed by atoms with Gasteiger partial charge in [0.15, 0.2) is 5.78 Å². The lowest BCUT2D eigenvalue weighted by Gasteiger charge is -2.20. The Morgan fingerprint density at radius 1 is 1.21 bits per heavy atom. The lowest BCUT2D eigenvalue weighted by molar-refractivity contribution is -0.118. The van der Waals surface area contributed by atoms with Crippen molar-refractivity contribution in [2.75, 3.05) is 5.32 Å². The van der Waals surface area contributed by atoms with Crippen molar-refractivity contribution in [1.82, 2.24) is 9.78 Å². The summed E-state index contributed by atoms with van der Waals surface area (Å²) >= 11 is 0. The van der Waals surface area contributed by atoms with Gasteiger partial charge in [-0.2, -0.15) is 5.10 Å². The van der Waals surface area contributed by atoms with Crippen LogP contribution < -0.4 is 5.32 Å². The largest absolute Gasteiger partial charge is 0.326 e. The minimum Gasteiger partial charge on any atom is -0.326 e. The maximum absolute atomic E-state index is 13.0. The van der Waals surface area contributed by atoms with Gasteiger partial charge in [0.2, 0.25) is 5.91 Å². The van der Waals surface area contributed by atoms with Gasteiger partial charge in [-0.3, -0.25) is 14.3 Å². The molecule has 0 spiro atoms. The van der Waals surface area contributed by atoms with Crippen LogP contribution >= 0.6 is 0 Å². The third-order valence-corrected chi connectivity index (χ3v) is 4.30. The summed E-state index contributed by atoms with van der Waals surface area (Å²) in [6.45, 7) is 9.91. The molecule has 0 radical (unpaired) electrons. The normalized spacial score (nSPS) is 13.2. The highest BCUT2D eigenvalue weighted by Gasteiger charge is 2.37. The number of amides is 1. The lowest BCUT2D eigenvalue weighted by Crippen LogP contribution is -2.20. The van der Waals surface area contributed by atoms with E-state index < -0.39 is 0 Å². The van der Waals surface area contributed by atoms with E-state index in [-0.39, 0.29) is 23.0 Å². The molecule has 1 heterocycles. The van der Waals surface area contributed by atoms with Crippen LogP contribution in [0.25, 0.3) is 11.3 Å². The van der Waals surface area contributed by atoms with Gasteiger partial charge in [0.1, 0.15) is 5.69 Å². The fraction of sp³-hybridized carbons (Fsp3) is 0.421. The first-order chi connectivity index (χ1) is 11.1. The number of nitrogens with one attached hydrogen (secondary N) is 1. The number of aromatic nitrogens is 2. The van der Waals surface area contributed by atoms with Crippen molar-refractivity contribution in [2.24, 2.45) is 13.0 Å². The molecule has 1 amide bonds. The Balaban J connectivity index is 2.07. The van der Waals surface area contributed by atoms with Crippen LogP contribution in [-0.2, 0) is 17.3 Å². The molecule has 0 fully saturated rings. The van der Waals surface area contributed by atoms with Gasteiger partial charge in [0.25, 0.3) is 0 Å². The monoisotopic (exact) mass is 325 g/mol. The van der Waals surface area contributed by atoms with Crippen LogP contribution in [0.5, 0.6) is 0 Å². The Morgan fingerprint density at radius 3 is 2.46 bits per heavy atom. The Kier molecular flexibility index (Phi) is 3.62. The van der Waals surface area contributed by atoms with Crippen LogP contribution in [0.15, 0.2) is 18.2 Å². The number of fused-ring (bicyclic) bond motifs is 3. The first-order valence-electron chi connectivity index (χ1n) is 8.18. The Morgan fingerprint density at radius 2 is 1.88 bits per heavy atom. The van der Waals surface area contributed by atoms with E-state index in [1.165, 1.54) is 0 Å². The number of aryl methyl sites for hydroxylation is 1. The van der Waals surface area contributed by atoms with Crippen LogP contribution in [0.4, 0.5) is 5.69 Å². The number of anilines is 1. The molecule has 1 aliphatic rings. The minimum absolute atomic E-state index is 0.0151. The second-order valence-electron chi connectivity index (χ2n) is 7.68. The summed E-state index contributed by atoms with van der Waals surface area (Å²) in [5, 5.41) is 7.43. The summed E-state index contributed by atoms with van der Waals surface area (Å²) in [4.78, 5) is 24.9. The molecule has 0 atom stereocenters. The molecule has 24 heavy (non-hydrogen) atoms. The molecule has 1 aromatic carbocycles. The van der Waals surface area contributed by atoms with E-state index in [4.69, 9.17) is 0 Å². The van der Waals surface area contributed by atoms with E-state index in [9.17, 15) is 9.59 Å². The summed E-state index contributed by atoms with van der Waals surface area (Å²) in [5.74, 6) is -0.188. The fourth-order valence-electron chi connectivity index (χ4n) is 3.23. The third kappa shape index (κ3) is 2.44. The van der Waals surface area contributed by atoms with E-state index in [1.807, 2.05) is 33.0 Å². The molecule has 1 aromatic heterocycles. The zero-order valence-corrected chi connectivity index (χ0v) is 15.0. The van der Waals surface area contributed by atoms with Gasteiger partial charge in [-0.1, -0.05) is 34.6 Å². The van der Waals surface area contributed by atoms with Crippen molar-refractivity contribution < 1.29 is 9.59 Å². The van der Waals surface area contributed by atoms with E-state index >= 15 is 0 Å². The molecule has 126 valence electrons. The number of nitrogens with zero attached hydrogens (tertiary/aromatic N) is 2. The molecule has 0 aliphatic heterocycles. The standard InChI is InChI=1S/C19H23N3O2/c1-10(2)18(24)20-11-7-8-12-13(9-11)16(23)14-15(12)21-22(6)17(14)19(3,4)5/h7-10H,1-6H3,(H,20,24). The molecule has 3 rings (SSSR count). The molecule has 0 bridgehead atoms. The SMILES string of the molecule is CC(C)C(=O)Nc1ccc2c(c1)C(=O)c1c-2nn(C)c1C(C)(C)C. The second kappa shape index (κ2) is 5.30. The number of carbonyl (C=O) groups is 2. The van der Waals surface area contributed by atoms with Crippen LogP contribution in [0.1, 0.15) is 56.2 Å². The number of benzene rings is 1. The molecular formula is C19H23N3O2. The zero-order chi connectivity index (χ0) is 17.8. The van der Waals surface area contributed by atoms with Crippen molar-refractivity contribution in [3.05, 3.63) is 35.0 Å². The number of hydrogen-bond donors (Lipinski definition) is 1. The summed E-state index contributed by atoms with van der Waals surface area (Å²) in [7, 11) is 1.88. The molecule has 0 unspecified atom stereocenters.